The summed E-state index contributed by atoms with van der Waals surface area (Å²) in [6.45, 7) is 3.75. The molecule has 2 aromatic rings. The second-order valence-corrected chi connectivity index (χ2v) is 6.69. The monoisotopic (exact) mass is 363 g/mol. The van der Waals surface area contributed by atoms with Crippen molar-refractivity contribution in [3.8, 4) is 10.6 Å². The van der Waals surface area contributed by atoms with E-state index in [-0.39, 0.29) is 17.3 Å². The Kier molecular flexibility index (Phi) is 5.81. The van der Waals surface area contributed by atoms with Gasteiger partial charge in [0.2, 0.25) is 0 Å². The van der Waals surface area contributed by atoms with Crippen LogP contribution in [0.5, 0.6) is 0 Å². The maximum atomic E-state index is 12.2. The first-order valence-electron chi connectivity index (χ1n) is 7.52. The van der Waals surface area contributed by atoms with Gasteiger partial charge in [-0.15, -0.1) is 11.3 Å². The molecule has 0 fully saturated rings. The molecule has 132 valence electrons. The number of carboxylic acid groups (broad SMARTS) is 1. The molecule has 0 bridgehead atoms. The third-order valence-corrected chi connectivity index (χ3v) is 4.26. The summed E-state index contributed by atoms with van der Waals surface area (Å²) >= 11 is 1.21. The van der Waals surface area contributed by atoms with Crippen molar-refractivity contribution >= 4 is 28.9 Å². The molecule has 2 N–H and O–H groups in total. The van der Waals surface area contributed by atoms with Gasteiger partial charge in [0, 0.05) is 23.1 Å². The Morgan fingerprint density at radius 3 is 2.48 bits per heavy atom. The van der Waals surface area contributed by atoms with Gasteiger partial charge in [-0.3, -0.25) is 14.9 Å². The van der Waals surface area contributed by atoms with Gasteiger partial charge in [-0.25, -0.2) is 9.78 Å². The first kappa shape index (κ1) is 18.5. The topological polar surface area (TPSA) is 122 Å². The number of thiazole rings is 1. The molecule has 0 aliphatic rings. The third-order valence-electron chi connectivity index (χ3n) is 3.37. The first-order valence-corrected chi connectivity index (χ1v) is 8.40. The molecular formula is C16H17N3O5S. The molecule has 0 radical (unpaired) electrons. The van der Waals surface area contributed by atoms with Gasteiger partial charge in [-0.05, 0) is 24.5 Å². The number of nitro groups is 1. The van der Waals surface area contributed by atoms with E-state index in [0.717, 1.165) is 0 Å². The number of aromatic nitrogens is 1. The molecule has 0 spiro atoms. The van der Waals surface area contributed by atoms with Crippen LogP contribution < -0.4 is 5.32 Å². The highest BCUT2D eigenvalue weighted by Crippen LogP contribution is 2.25. The average molecular weight is 363 g/mol. The highest BCUT2D eigenvalue weighted by atomic mass is 32.1. The zero-order valence-corrected chi connectivity index (χ0v) is 14.4. The van der Waals surface area contributed by atoms with Crippen molar-refractivity contribution in [1.82, 2.24) is 10.3 Å². The van der Waals surface area contributed by atoms with E-state index >= 15 is 0 Å². The van der Waals surface area contributed by atoms with E-state index in [4.69, 9.17) is 0 Å². The SMILES string of the molecule is CC(C)C[C@@H](NC(=O)c1csc(-c2ccc([N+](=O)[O-])cc2)n1)C(=O)O. The number of hydrogen-bond donors (Lipinski definition) is 2. The molecule has 25 heavy (non-hydrogen) atoms. The van der Waals surface area contributed by atoms with E-state index < -0.39 is 22.8 Å². The van der Waals surface area contributed by atoms with Crippen LogP contribution in [0.15, 0.2) is 29.6 Å². The van der Waals surface area contributed by atoms with E-state index in [9.17, 15) is 24.8 Å². The highest BCUT2D eigenvalue weighted by molar-refractivity contribution is 7.13. The normalized spacial score (nSPS) is 12.0. The number of nitro benzene ring substituents is 1. The highest BCUT2D eigenvalue weighted by Gasteiger charge is 2.23. The Morgan fingerprint density at radius 2 is 1.96 bits per heavy atom. The number of rotatable bonds is 7. The molecule has 0 aliphatic carbocycles. The van der Waals surface area contributed by atoms with E-state index in [1.807, 2.05) is 13.8 Å². The number of hydrogen-bond acceptors (Lipinski definition) is 6. The van der Waals surface area contributed by atoms with Gasteiger partial charge in [0.15, 0.2) is 0 Å². The van der Waals surface area contributed by atoms with E-state index in [1.165, 1.54) is 28.8 Å². The van der Waals surface area contributed by atoms with E-state index in [2.05, 4.69) is 10.3 Å². The summed E-state index contributed by atoms with van der Waals surface area (Å²) < 4.78 is 0. The fourth-order valence-electron chi connectivity index (χ4n) is 2.16. The summed E-state index contributed by atoms with van der Waals surface area (Å²) in [6.07, 6.45) is 0.320. The van der Waals surface area contributed by atoms with Crippen molar-refractivity contribution < 1.29 is 19.6 Å². The van der Waals surface area contributed by atoms with Gasteiger partial charge in [-0.2, -0.15) is 0 Å². The predicted octanol–water partition coefficient (Wildman–Crippen LogP) is 2.95. The first-order chi connectivity index (χ1) is 11.8. The van der Waals surface area contributed by atoms with Crippen LogP contribution in [0.2, 0.25) is 0 Å². The molecule has 0 aliphatic heterocycles. The molecule has 9 heteroatoms. The number of non-ortho nitro benzene ring substituents is 1. The Bertz CT molecular complexity index is 785. The standard InChI is InChI=1S/C16H17N3O5S/c1-9(2)7-12(16(21)22)17-14(20)13-8-25-15(18-13)10-3-5-11(6-4-10)19(23)24/h3-6,8-9,12H,7H2,1-2H3,(H,17,20)(H,21,22)/t12-/m1/s1. The van der Waals surface area contributed by atoms with Gasteiger partial charge in [-0.1, -0.05) is 13.8 Å². The number of carbonyl (C=O) groups is 2. The number of carboxylic acids is 1. The van der Waals surface area contributed by atoms with Crippen molar-refractivity contribution in [2.75, 3.05) is 0 Å². The van der Waals surface area contributed by atoms with Gasteiger partial charge in [0.05, 0.1) is 4.92 Å². The summed E-state index contributed by atoms with van der Waals surface area (Å²) in [4.78, 5) is 37.8. The van der Waals surface area contributed by atoms with Gasteiger partial charge < -0.3 is 10.4 Å². The van der Waals surface area contributed by atoms with Gasteiger partial charge in [0.1, 0.15) is 16.7 Å². The van der Waals surface area contributed by atoms with Gasteiger partial charge in [0.25, 0.3) is 11.6 Å². The van der Waals surface area contributed by atoms with Crippen molar-refractivity contribution in [1.29, 1.82) is 0 Å². The minimum Gasteiger partial charge on any atom is -0.480 e. The van der Waals surface area contributed by atoms with E-state index in [0.29, 0.717) is 17.0 Å². The zero-order valence-electron chi connectivity index (χ0n) is 13.6. The molecule has 1 aromatic heterocycles. The number of benzene rings is 1. The molecule has 0 saturated heterocycles. The average Bonchev–Trinajstić information content (AvgIpc) is 3.03. The lowest BCUT2D eigenvalue weighted by atomic mass is 10.0. The van der Waals surface area contributed by atoms with Crippen LogP contribution >= 0.6 is 11.3 Å². The Morgan fingerprint density at radius 1 is 1.32 bits per heavy atom. The minimum atomic E-state index is -1.09. The molecule has 1 aromatic carbocycles. The molecule has 1 amide bonds. The van der Waals surface area contributed by atoms with Gasteiger partial charge >= 0.3 is 5.97 Å². The van der Waals surface area contributed by atoms with Crippen LogP contribution in [0.3, 0.4) is 0 Å². The largest absolute Gasteiger partial charge is 0.480 e. The second-order valence-electron chi connectivity index (χ2n) is 5.84. The van der Waals surface area contributed by atoms with Crippen LogP contribution in [0.1, 0.15) is 30.8 Å². The number of nitrogens with one attached hydrogen (secondary N) is 1. The van der Waals surface area contributed by atoms with Crippen molar-refractivity contribution in [3.05, 3.63) is 45.5 Å². The van der Waals surface area contributed by atoms with Crippen LogP contribution in [0, 0.1) is 16.0 Å². The van der Waals surface area contributed by atoms with Crippen molar-refractivity contribution in [2.45, 2.75) is 26.3 Å². The summed E-state index contributed by atoms with van der Waals surface area (Å²) in [7, 11) is 0. The van der Waals surface area contributed by atoms with Crippen LogP contribution in [0.4, 0.5) is 5.69 Å². The number of carbonyl (C=O) groups excluding carboxylic acids is 1. The fraction of sp³-hybridized carbons (Fsp3) is 0.312. The molecule has 1 heterocycles. The molecule has 8 nitrogen and oxygen atoms in total. The summed E-state index contributed by atoms with van der Waals surface area (Å²) in [5.41, 5.74) is 0.733. The van der Waals surface area contributed by atoms with Crippen LogP contribution in [0.25, 0.3) is 10.6 Å². The third kappa shape index (κ3) is 4.83. The zero-order chi connectivity index (χ0) is 18.6. The van der Waals surface area contributed by atoms with Crippen LogP contribution in [-0.4, -0.2) is 32.9 Å². The second kappa shape index (κ2) is 7.84. The number of aliphatic carboxylic acids is 1. The Labute approximate surface area is 147 Å². The number of amides is 1. The summed E-state index contributed by atoms with van der Waals surface area (Å²) in [6, 6.07) is 4.85. The van der Waals surface area contributed by atoms with Crippen LogP contribution in [-0.2, 0) is 4.79 Å². The molecule has 0 saturated carbocycles. The summed E-state index contributed by atoms with van der Waals surface area (Å²) in [5.74, 6) is -1.53. The van der Waals surface area contributed by atoms with Crippen molar-refractivity contribution in [3.63, 3.8) is 0 Å². The minimum absolute atomic E-state index is 0.0312. The lowest BCUT2D eigenvalue weighted by molar-refractivity contribution is -0.384. The summed E-state index contributed by atoms with van der Waals surface area (Å²) in [5, 5.41) is 24.4. The lowest BCUT2D eigenvalue weighted by Gasteiger charge is -2.15. The molecular weight excluding hydrogens is 346 g/mol. The lowest BCUT2D eigenvalue weighted by Crippen LogP contribution is -2.41. The van der Waals surface area contributed by atoms with E-state index in [1.54, 1.807) is 12.1 Å². The molecule has 1 atom stereocenters. The Balaban J connectivity index is 2.12. The predicted molar refractivity (Wildman–Crippen MR) is 92.5 cm³/mol. The number of nitrogens with zero attached hydrogens (tertiary/aromatic N) is 2. The quantitative estimate of drug-likeness (QED) is 0.576. The smallest absolute Gasteiger partial charge is 0.326 e. The molecule has 0 unspecified atom stereocenters. The fourth-order valence-corrected chi connectivity index (χ4v) is 2.97. The molecule has 2 rings (SSSR count). The Hall–Kier alpha value is -2.81. The maximum Gasteiger partial charge on any atom is 0.326 e. The van der Waals surface area contributed by atoms with Crippen molar-refractivity contribution in [2.24, 2.45) is 5.92 Å². The maximum absolute atomic E-state index is 12.2.